The molecule has 1 aliphatic carbocycles. The highest BCUT2D eigenvalue weighted by Crippen LogP contribution is 2.34. The summed E-state index contributed by atoms with van der Waals surface area (Å²) in [6.07, 6.45) is 4.38. The van der Waals surface area contributed by atoms with E-state index in [9.17, 15) is 14.9 Å². The Morgan fingerprint density at radius 2 is 1.90 bits per heavy atom. The van der Waals surface area contributed by atoms with E-state index in [-0.39, 0.29) is 30.6 Å². The summed E-state index contributed by atoms with van der Waals surface area (Å²) in [4.78, 5) is 26.1. The fourth-order valence-electron chi connectivity index (χ4n) is 4.33. The first kappa shape index (κ1) is 21.1. The quantitative estimate of drug-likeness (QED) is 0.524. The monoisotopic (exact) mass is 425 g/mol. The van der Waals surface area contributed by atoms with Crippen molar-refractivity contribution in [1.82, 2.24) is 4.90 Å². The van der Waals surface area contributed by atoms with E-state index in [1.54, 1.807) is 13.0 Å². The van der Waals surface area contributed by atoms with Crippen LogP contribution in [-0.2, 0) is 11.3 Å². The van der Waals surface area contributed by atoms with Gasteiger partial charge in [-0.1, -0.05) is 25.0 Å². The molecule has 2 aromatic carbocycles. The van der Waals surface area contributed by atoms with Gasteiger partial charge in [0.05, 0.1) is 11.5 Å². The van der Waals surface area contributed by atoms with Crippen molar-refractivity contribution in [3.8, 4) is 11.5 Å². The van der Waals surface area contributed by atoms with E-state index in [4.69, 9.17) is 9.47 Å². The summed E-state index contributed by atoms with van der Waals surface area (Å²) >= 11 is 0. The molecule has 0 unspecified atom stereocenters. The normalized spacial score (nSPS) is 15.5. The zero-order valence-electron chi connectivity index (χ0n) is 17.8. The number of carbonyl (C=O) groups is 1. The first-order valence-corrected chi connectivity index (χ1v) is 10.6. The lowest BCUT2D eigenvalue weighted by Crippen LogP contribution is -2.39. The van der Waals surface area contributed by atoms with Crippen LogP contribution < -0.4 is 14.8 Å². The molecule has 0 radical (unpaired) electrons. The summed E-state index contributed by atoms with van der Waals surface area (Å²) < 4.78 is 10.9. The molecule has 2 aromatic rings. The Bertz CT molecular complexity index is 1000. The summed E-state index contributed by atoms with van der Waals surface area (Å²) in [5.74, 6) is 1.21. The van der Waals surface area contributed by atoms with Gasteiger partial charge in [0.15, 0.2) is 11.5 Å². The Morgan fingerprint density at radius 1 is 1.16 bits per heavy atom. The van der Waals surface area contributed by atoms with Crippen molar-refractivity contribution in [2.24, 2.45) is 0 Å². The number of nitrogens with one attached hydrogen (secondary N) is 1. The molecule has 31 heavy (non-hydrogen) atoms. The van der Waals surface area contributed by atoms with Gasteiger partial charge in [-0.2, -0.15) is 0 Å². The topological polar surface area (TPSA) is 93.9 Å². The third kappa shape index (κ3) is 4.64. The van der Waals surface area contributed by atoms with E-state index in [1.807, 2.05) is 25.1 Å². The second kappa shape index (κ2) is 8.93. The standard InChI is InChI=1S/C23H27N3O5/c1-15-7-9-19(26(28)29)23(16(15)2)24-22(27)13-25(18-5-3-4-6-18)12-17-8-10-20-21(11-17)31-14-30-20/h7-11,18H,3-6,12-14H2,1-2H3,(H,24,27). The minimum absolute atomic E-state index is 0.0837. The van der Waals surface area contributed by atoms with Gasteiger partial charge in [-0.25, -0.2) is 0 Å². The summed E-state index contributed by atoms with van der Waals surface area (Å²) in [6.45, 7) is 4.66. The number of carbonyl (C=O) groups excluding carboxylic acids is 1. The third-order valence-electron chi connectivity index (χ3n) is 6.19. The van der Waals surface area contributed by atoms with Crippen LogP contribution in [0.25, 0.3) is 0 Å². The van der Waals surface area contributed by atoms with Crippen molar-refractivity contribution in [3.05, 3.63) is 57.1 Å². The van der Waals surface area contributed by atoms with Crippen LogP contribution in [0.15, 0.2) is 30.3 Å². The van der Waals surface area contributed by atoms with Gasteiger partial charge in [-0.05, 0) is 55.5 Å². The Balaban J connectivity index is 1.52. The maximum absolute atomic E-state index is 13.0. The summed E-state index contributed by atoms with van der Waals surface area (Å²) in [5.41, 5.74) is 2.85. The molecule has 1 fully saturated rings. The number of benzene rings is 2. The molecule has 0 spiro atoms. The van der Waals surface area contributed by atoms with Crippen molar-refractivity contribution in [1.29, 1.82) is 0 Å². The lowest BCUT2D eigenvalue weighted by atomic mass is 10.1. The molecule has 0 aromatic heterocycles. The maximum Gasteiger partial charge on any atom is 0.293 e. The second-order valence-electron chi connectivity index (χ2n) is 8.24. The van der Waals surface area contributed by atoms with Crippen molar-refractivity contribution < 1.29 is 19.2 Å². The molecule has 0 atom stereocenters. The molecular weight excluding hydrogens is 398 g/mol. The minimum atomic E-state index is -0.455. The van der Waals surface area contributed by atoms with Crippen LogP contribution in [0, 0.1) is 24.0 Å². The highest BCUT2D eigenvalue weighted by molar-refractivity contribution is 5.95. The average molecular weight is 425 g/mol. The Morgan fingerprint density at radius 3 is 2.65 bits per heavy atom. The van der Waals surface area contributed by atoms with Crippen LogP contribution in [0.3, 0.4) is 0 Å². The highest BCUT2D eigenvalue weighted by atomic mass is 16.7. The van der Waals surface area contributed by atoms with Crippen molar-refractivity contribution in [2.75, 3.05) is 18.7 Å². The molecule has 4 rings (SSSR count). The highest BCUT2D eigenvalue weighted by Gasteiger charge is 2.27. The van der Waals surface area contributed by atoms with Gasteiger partial charge in [0.25, 0.3) is 5.69 Å². The Labute approximate surface area is 181 Å². The number of hydrogen-bond donors (Lipinski definition) is 1. The number of amides is 1. The fourth-order valence-corrected chi connectivity index (χ4v) is 4.33. The van der Waals surface area contributed by atoms with Crippen LogP contribution in [0.5, 0.6) is 11.5 Å². The van der Waals surface area contributed by atoms with Crippen LogP contribution in [0.1, 0.15) is 42.4 Å². The minimum Gasteiger partial charge on any atom is -0.454 e. The molecular formula is C23H27N3O5. The number of hydrogen-bond acceptors (Lipinski definition) is 6. The van der Waals surface area contributed by atoms with E-state index in [0.29, 0.717) is 18.2 Å². The van der Waals surface area contributed by atoms with Crippen LogP contribution >= 0.6 is 0 Å². The number of ether oxygens (including phenoxy) is 2. The van der Waals surface area contributed by atoms with E-state index in [2.05, 4.69) is 10.2 Å². The number of nitro groups is 1. The van der Waals surface area contributed by atoms with Gasteiger partial charge in [0, 0.05) is 18.7 Å². The van der Waals surface area contributed by atoms with Gasteiger partial charge in [0.2, 0.25) is 12.7 Å². The van der Waals surface area contributed by atoms with E-state index >= 15 is 0 Å². The molecule has 1 amide bonds. The molecule has 8 nitrogen and oxygen atoms in total. The summed E-state index contributed by atoms with van der Waals surface area (Å²) in [5, 5.41) is 14.3. The SMILES string of the molecule is Cc1ccc([N+](=O)[O-])c(NC(=O)CN(Cc2ccc3c(c2)OCO3)C2CCCC2)c1C. The molecule has 0 saturated heterocycles. The zero-order valence-corrected chi connectivity index (χ0v) is 17.8. The molecule has 1 N–H and O–H groups in total. The Kier molecular flexibility index (Phi) is 6.08. The van der Waals surface area contributed by atoms with Crippen LogP contribution in [0.4, 0.5) is 11.4 Å². The van der Waals surface area contributed by atoms with Crippen molar-refractivity contribution in [2.45, 2.75) is 52.1 Å². The van der Waals surface area contributed by atoms with Crippen molar-refractivity contribution >= 4 is 17.3 Å². The van der Waals surface area contributed by atoms with Crippen molar-refractivity contribution in [3.63, 3.8) is 0 Å². The second-order valence-corrected chi connectivity index (χ2v) is 8.24. The largest absolute Gasteiger partial charge is 0.454 e. The number of anilines is 1. The summed E-state index contributed by atoms with van der Waals surface area (Å²) in [7, 11) is 0. The number of nitro benzene ring substituents is 1. The predicted octanol–water partition coefficient (Wildman–Crippen LogP) is 4.32. The number of aryl methyl sites for hydroxylation is 1. The third-order valence-corrected chi connectivity index (χ3v) is 6.19. The molecule has 8 heteroatoms. The number of rotatable bonds is 7. The molecule has 2 aliphatic rings. The number of nitrogens with zero attached hydrogens (tertiary/aromatic N) is 2. The fraction of sp³-hybridized carbons (Fsp3) is 0.435. The molecule has 164 valence electrons. The van der Waals surface area contributed by atoms with Gasteiger partial charge in [-0.3, -0.25) is 19.8 Å². The van der Waals surface area contributed by atoms with E-state index < -0.39 is 4.92 Å². The lowest BCUT2D eigenvalue weighted by molar-refractivity contribution is -0.384. The zero-order chi connectivity index (χ0) is 22.0. The van der Waals surface area contributed by atoms with E-state index in [1.165, 1.54) is 6.07 Å². The molecule has 1 saturated carbocycles. The lowest BCUT2D eigenvalue weighted by Gasteiger charge is -2.28. The van der Waals surface area contributed by atoms with Crippen LogP contribution in [0.2, 0.25) is 0 Å². The number of fused-ring (bicyclic) bond motifs is 1. The molecule has 1 heterocycles. The van der Waals surface area contributed by atoms with Gasteiger partial charge < -0.3 is 14.8 Å². The predicted molar refractivity (Wildman–Crippen MR) is 116 cm³/mol. The smallest absolute Gasteiger partial charge is 0.293 e. The molecule has 0 bridgehead atoms. The first-order valence-electron chi connectivity index (χ1n) is 10.6. The molecule has 1 aliphatic heterocycles. The van der Waals surface area contributed by atoms with Crippen LogP contribution in [-0.4, -0.2) is 35.1 Å². The first-order chi connectivity index (χ1) is 14.9. The van der Waals surface area contributed by atoms with Gasteiger partial charge in [0.1, 0.15) is 5.69 Å². The van der Waals surface area contributed by atoms with Gasteiger partial charge >= 0.3 is 0 Å². The summed E-state index contributed by atoms with van der Waals surface area (Å²) in [6, 6.07) is 9.29. The Hall–Kier alpha value is -3.13. The average Bonchev–Trinajstić information content (AvgIpc) is 3.42. The maximum atomic E-state index is 13.0. The van der Waals surface area contributed by atoms with Gasteiger partial charge in [-0.15, -0.1) is 0 Å². The van der Waals surface area contributed by atoms with E-state index in [0.717, 1.165) is 48.3 Å².